The Bertz CT molecular complexity index is 244. The number of nitrogens with zero attached hydrogens (tertiary/aromatic N) is 1. The Morgan fingerprint density at radius 1 is 1.36 bits per heavy atom. The number of nitrogens with two attached hydrogens (primary N) is 1. The van der Waals surface area contributed by atoms with E-state index in [2.05, 4.69) is 5.84 Å². The van der Waals surface area contributed by atoms with E-state index in [0.29, 0.717) is 0 Å². The summed E-state index contributed by atoms with van der Waals surface area (Å²) >= 11 is 0. The van der Waals surface area contributed by atoms with E-state index in [-0.39, 0.29) is 0 Å². The summed E-state index contributed by atoms with van der Waals surface area (Å²) in [4.78, 5) is 9.52. The Kier molecular flexibility index (Phi) is 2.46. The van der Waals surface area contributed by atoms with Crippen molar-refractivity contribution in [1.82, 2.24) is 4.41 Å². The van der Waals surface area contributed by atoms with Crippen molar-refractivity contribution in [2.75, 3.05) is 0 Å². The molecule has 0 bridgehead atoms. The van der Waals surface area contributed by atoms with E-state index in [1.807, 2.05) is 0 Å². The molecule has 1 amide bonds. The zero-order valence-corrected chi connectivity index (χ0v) is 5.69. The molecular formula is C2H3F3N2O3S. The van der Waals surface area contributed by atoms with Crippen molar-refractivity contribution in [3.63, 3.8) is 0 Å². The van der Waals surface area contributed by atoms with Crippen LogP contribution >= 0.6 is 0 Å². The summed E-state index contributed by atoms with van der Waals surface area (Å²) in [7, 11) is -5.68. The molecule has 0 aliphatic rings. The molecule has 0 aromatic heterocycles. The van der Waals surface area contributed by atoms with Gasteiger partial charge in [-0.1, -0.05) is 0 Å². The van der Waals surface area contributed by atoms with Crippen LogP contribution in [0.25, 0.3) is 0 Å². The first kappa shape index (κ1) is 10.2. The minimum absolute atomic E-state index is 0.650. The molecule has 0 aliphatic heterocycles. The van der Waals surface area contributed by atoms with Crippen LogP contribution < -0.4 is 5.84 Å². The molecule has 0 rings (SSSR count). The summed E-state index contributed by atoms with van der Waals surface area (Å²) in [5, 5.41) is 0. The van der Waals surface area contributed by atoms with Gasteiger partial charge in [0.1, 0.15) is 0 Å². The Morgan fingerprint density at radius 3 is 1.82 bits per heavy atom. The van der Waals surface area contributed by atoms with Gasteiger partial charge >= 0.3 is 15.5 Å². The lowest BCUT2D eigenvalue weighted by Crippen LogP contribution is -2.44. The highest BCUT2D eigenvalue weighted by molar-refractivity contribution is 7.90. The Hall–Kier alpha value is -0.830. The SMILES string of the molecule is NN(C=O)S(=O)(=O)C(F)(F)F. The second kappa shape index (κ2) is 2.66. The second-order valence-electron chi connectivity index (χ2n) is 1.39. The summed E-state index contributed by atoms with van der Waals surface area (Å²) in [5.41, 5.74) is -5.54. The fraction of sp³-hybridized carbons (Fsp3) is 0.500. The number of halogens is 3. The third-order valence-corrected chi connectivity index (χ3v) is 1.90. The van der Waals surface area contributed by atoms with Crippen LogP contribution in [0.1, 0.15) is 0 Å². The first-order chi connectivity index (χ1) is 4.73. The lowest BCUT2D eigenvalue weighted by atomic mass is 11.4. The maximum Gasteiger partial charge on any atom is 0.518 e. The Morgan fingerprint density at radius 2 is 1.73 bits per heavy atom. The van der Waals surface area contributed by atoms with Gasteiger partial charge < -0.3 is 0 Å². The van der Waals surface area contributed by atoms with Gasteiger partial charge in [-0.2, -0.15) is 26.0 Å². The van der Waals surface area contributed by atoms with Crippen LogP contribution in [0.5, 0.6) is 0 Å². The van der Waals surface area contributed by atoms with Crippen molar-refractivity contribution >= 4 is 16.4 Å². The largest absolute Gasteiger partial charge is 0.518 e. The van der Waals surface area contributed by atoms with Gasteiger partial charge in [0.05, 0.1) is 0 Å². The number of hydrogen-bond donors (Lipinski definition) is 1. The lowest BCUT2D eigenvalue weighted by molar-refractivity contribution is -0.115. The molecule has 0 aromatic rings. The Labute approximate surface area is 59.6 Å². The van der Waals surface area contributed by atoms with Crippen LogP contribution in [-0.2, 0) is 14.8 Å². The van der Waals surface area contributed by atoms with Gasteiger partial charge in [0, 0.05) is 0 Å². The predicted molar refractivity (Wildman–Crippen MR) is 27.1 cm³/mol. The number of alkyl halides is 3. The van der Waals surface area contributed by atoms with Crippen molar-refractivity contribution in [2.24, 2.45) is 5.84 Å². The molecule has 0 aromatic carbocycles. The molecule has 0 radical (unpaired) electrons. The molecular weight excluding hydrogens is 189 g/mol. The monoisotopic (exact) mass is 192 g/mol. The molecule has 0 unspecified atom stereocenters. The van der Waals surface area contributed by atoms with E-state index in [9.17, 15) is 26.4 Å². The number of amides is 1. The van der Waals surface area contributed by atoms with Crippen molar-refractivity contribution in [2.45, 2.75) is 5.51 Å². The van der Waals surface area contributed by atoms with E-state index in [4.69, 9.17) is 0 Å². The number of carbonyl (C=O) groups excluding carboxylic acids is 1. The molecule has 0 aliphatic carbocycles. The molecule has 0 spiro atoms. The van der Waals surface area contributed by atoms with E-state index in [0.717, 1.165) is 0 Å². The maximum atomic E-state index is 11.4. The first-order valence-electron chi connectivity index (χ1n) is 2.04. The molecule has 9 heteroatoms. The number of sulfonamides is 1. The van der Waals surface area contributed by atoms with Crippen LogP contribution in [0.15, 0.2) is 0 Å². The average molecular weight is 192 g/mol. The van der Waals surface area contributed by atoms with Crippen molar-refractivity contribution < 1.29 is 26.4 Å². The fourth-order valence-electron chi connectivity index (χ4n) is 0.176. The van der Waals surface area contributed by atoms with Gasteiger partial charge in [0.15, 0.2) is 0 Å². The molecule has 2 N–H and O–H groups in total. The average Bonchev–Trinajstić information content (AvgIpc) is 1.83. The molecule has 11 heavy (non-hydrogen) atoms. The quantitative estimate of drug-likeness (QED) is 0.268. The fourth-order valence-corrected chi connectivity index (χ4v) is 0.529. The lowest BCUT2D eigenvalue weighted by Gasteiger charge is -2.12. The summed E-state index contributed by atoms with van der Waals surface area (Å²) in [5.74, 6) is 4.19. The third kappa shape index (κ3) is 1.80. The molecule has 0 saturated heterocycles. The Balaban J connectivity index is 4.91. The van der Waals surface area contributed by atoms with Crippen molar-refractivity contribution in [3.8, 4) is 0 Å². The highest BCUT2D eigenvalue weighted by atomic mass is 32.2. The van der Waals surface area contributed by atoms with Gasteiger partial charge in [0.25, 0.3) is 0 Å². The van der Waals surface area contributed by atoms with Crippen molar-refractivity contribution in [3.05, 3.63) is 0 Å². The zero-order valence-electron chi connectivity index (χ0n) is 4.87. The number of hydrogen-bond acceptors (Lipinski definition) is 4. The van der Waals surface area contributed by atoms with Crippen LogP contribution in [0.3, 0.4) is 0 Å². The molecule has 66 valence electrons. The summed E-state index contributed by atoms with van der Waals surface area (Å²) in [6.07, 6.45) is -0.650. The van der Waals surface area contributed by atoms with Gasteiger partial charge in [-0.3, -0.25) is 4.79 Å². The molecule has 0 atom stereocenters. The maximum absolute atomic E-state index is 11.4. The summed E-state index contributed by atoms with van der Waals surface area (Å²) in [6, 6.07) is 0. The molecule has 5 nitrogen and oxygen atoms in total. The number of hydrazine groups is 1. The van der Waals surface area contributed by atoms with Crippen LogP contribution in [0.2, 0.25) is 0 Å². The molecule has 0 fully saturated rings. The van der Waals surface area contributed by atoms with E-state index >= 15 is 0 Å². The first-order valence-corrected chi connectivity index (χ1v) is 3.48. The standard InChI is InChI=1S/C2H3F3N2O3S/c3-2(4,5)11(9,10)7(6)1-8/h1H,6H2. The number of rotatable bonds is 2. The van der Waals surface area contributed by atoms with E-state index in [1.165, 1.54) is 0 Å². The summed E-state index contributed by atoms with van der Waals surface area (Å²) in [6.45, 7) is 0. The van der Waals surface area contributed by atoms with Crippen LogP contribution in [0, 0.1) is 0 Å². The van der Waals surface area contributed by atoms with Crippen molar-refractivity contribution in [1.29, 1.82) is 0 Å². The highest BCUT2D eigenvalue weighted by Gasteiger charge is 2.49. The topological polar surface area (TPSA) is 80.5 Å². The van der Waals surface area contributed by atoms with E-state index < -0.39 is 26.4 Å². The van der Waals surface area contributed by atoms with Crippen LogP contribution in [0.4, 0.5) is 13.2 Å². The van der Waals surface area contributed by atoms with Gasteiger partial charge in [-0.25, -0.2) is 5.84 Å². The van der Waals surface area contributed by atoms with Gasteiger partial charge in [-0.05, 0) is 0 Å². The summed E-state index contributed by atoms with van der Waals surface area (Å²) < 4.78 is 53.3. The molecule has 0 saturated carbocycles. The second-order valence-corrected chi connectivity index (χ2v) is 3.22. The minimum Gasteiger partial charge on any atom is -0.276 e. The minimum atomic E-state index is -5.68. The van der Waals surface area contributed by atoms with E-state index in [1.54, 1.807) is 0 Å². The number of carbonyl (C=O) groups is 1. The van der Waals surface area contributed by atoms with Gasteiger partial charge in [-0.15, -0.1) is 0 Å². The smallest absolute Gasteiger partial charge is 0.276 e. The van der Waals surface area contributed by atoms with Gasteiger partial charge in [0.2, 0.25) is 6.41 Å². The predicted octanol–water partition coefficient (Wildman–Crippen LogP) is -0.832. The third-order valence-electron chi connectivity index (χ3n) is 0.674. The normalized spacial score (nSPS) is 12.7. The van der Waals surface area contributed by atoms with Crippen LogP contribution in [-0.4, -0.2) is 24.8 Å². The highest BCUT2D eigenvalue weighted by Crippen LogP contribution is 2.23. The zero-order chi connectivity index (χ0) is 9.28. The molecule has 0 heterocycles.